The quantitative estimate of drug-likeness (QED) is 0.771. The molecule has 1 N–H and O–H groups in total. The number of aromatic hydroxyl groups is 1. The molecule has 23 heavy (non-hydrogen) atoms. The fourth-order valence-electron chi connectivity index (χ4n) is 2.62. The highest BCUT2D eigenvalue weighted by molar-refractivity contribution is 5.84. The maximum Gasteiger partial charge on any atom is 0.200 e. The second kappa shape index (κ2) is 5.62. The topological polar surface area (TPSA) is 74.2 Å². The van der Waals surface area contributed by atoms with Crippen LogP contribution in [0.3, 0.4) is 0 Å². The highest BCUT2D eigenvalue weighted by Crippen LogP contribution is 2.31. The SMILES string of the molecule is CC(C)c1oc2cc(O)ccc2c(=O)c1-c1cccc(C#N)c1. The predicted molar refractivity (Wildman–Crippen MR) is 88.4 cm³/mol. The van der Waals surface area contributed by atoms with Gasteiger partial charge in [0.15, 0.2) is 0 Å². The molecule has 0 bridgehead atoms. The van der Waals surface area contributed by atoms with Gasteiger partial charge in [0.05, 0.1) is 22.6 Å². The number of benzene rings is 2. The normalized spacial score (nSPS) is 10.9. The lowest BCUT2D eigenvalue weighted by Crippen LogP contribution is -2.10. The van der Waals surface area contributed by atoms with E-state index in [-0.39, 0.29) is 17.1 Å². The van der Waals surface area contributed by atoms with E-state index < -0.39 is 0 Å². The van der Waals surface area contributed by atoms with Gasteiger partial charge >= 0.3 is 0 Å². The molecule has 0 fully saturated rings. The Bertz CT molecular complexity index is 994. The van der Waals surface area contributed by atoms with Crippen LogP contribution in [0.2, 0.25) is 0 Å². The van der Waals surface area contributed by atoms with Gasteiger partial charge in [0, 0.05) is 12.0 Å². The van der Waals surface area contributed by atoms with Crippen LogP contribution in [0, 0.1) is 11.3 Å². The second-order valence-corrected chi connectivity index (χ2v) is 5.70. The van der Waals surface area contributed by atoms with Crippen molar-refractivity contribution in [1.82, 2.24) is 0 Å². The molecule has 0 saturated carbocycles. The minimum Gasteiger partial charge on any atom is -0.508 e. The first-order valence-corrected chi connectivity index (χ1v) is 7.31. The number of hydrogen-bond acceptors (Lipinski definition) is 4. The molecule has 0 unspecified atom stereocenters. The van der Waals surface area contributed by atoms with E-state index in [9.17, 15) is 9.90 Å². The monoisotopic (exact) mass is 305 g/mol. The minimum absolute atomic E-state index is 0.0183. The van der Waals surface area contributed by atoms with Crippen molar-refractivity contribution in [3.63, 3.8) is 0 Å². The van der Waals surface area contributed by atoms with Gasteiger partial charge in [-0.25, -0.2) is 0 Å². The molecule has 0 aliphatic heterocycles. The molecule has 0 spiro atoms. The highest BCUT2D eigenvalue weighted by Gasteiger charge is 2.19. The van der Waals surface area contributed by atoms with E-state index in [0.29, 0.717) is 33.4 Å². The van der Waals surface area contributed by atoms with Crippen molar-refractivity contribution in [2.75, 3.05) is 0 Å². The van der Waals surface area contributed by atoms with Crippen molar-refractivity contribution in [1.29, 1.82) is 5.26 Å². The molecule has 0 radical (unpaired) electrons. The summed E-state index contributed by atoms with van der Waals surface area (Å²) < 4.78 is 5.90. The maximum atomic E-state index is 12.9. The van der Waals surface area contributed by atoms with Crippen LogP contribution in [0.4, 0.5) is 0 Å². The van der Waals surface area contributed by atoms with E-state index in [1.165, 1.54) is 12.1 Å². The molecule has 0 saturated heterocycles. The van der Waals surface area contributed by atoms with E-state index in [0.717, 1.165) is 0 Å². The Kier molecular flexibility index (Phi) is 3.63. The summed E-state index contributed by atoms with van der Waals surface area (Å²) in [6, 6.07) is 13.5. The fourth-order valence-corrected chi connectivity index (χ4v) is 2.62. The molecular formula is C19H15NO3. The van der Waals surface area contributed by atoms with Crippen molar-refractivity contribution in [3.8, 4) is 22.9 Å². The first-order valence-electron chi connectivity index (χ1n) is 7.31. The summed E-state index contributed by atoms with van der Waals surface area (Å²) in [5.41, 5.74) is 1.82. The second-order valence-electron chi connectivity index (χ2n) is 5.70. The van der Waals surface area contributed by atoms with Gasteiger partial charge in [0.2, 0.25) is 5.43 Å². The molecule has 0 aliphatic carbocycles. The average molecular weight is 305 g/mol. The molecule has 114 valence electrons. The zero-order chi connectivity index (χ0) is 16.6. The Balaban J connectivity index is 2.41. The third-order valence-electron chi connectivity index (χ3n) is 3.71. The maximum absolute atomic E-state index is 12.9. The van der Waals surface area contributed by atoms with Crippen LogP contribution in [0.5, 0.6) is 5.75 Å². The Morgan fingerprint density at radius 2 is 1.96 bits per heavy atom. The van der Waals surface area contributed by atoms with Crippen LogP contribution in [0.1, 0.15) is 31.1 Å². The predicted octanol–water partition coefficient (Wildman–Crippen LogP) is 4.16. The van der Waals surface area contributed by atoms with Crippen LogP contribution in [0.25, 0.3) is 22.1 Å². The smallest absolute Gasteiger partial charge is 0.200 e. The Morgan fingerprint density at radius 1 is 1.17 bits per heavy atom. The number of phenols is 1. The fraction of sp³-hybridized carbons (Fsp3) is 0.158. The van der Waals surface area contributed by atoms with Crippen molar-refractivity contribution in [2.45, 2.75) is 19.8 Å². The molecule has 3 aromatic rings. The summed E-state index contributed by atoms with van der Waals surface area (Å²) >= 11 is 0. The number of fused-ring (bicyclic) bond motifs is 1. The lowest BCUT2D eigenvalue weighted by Gasteiger charge is -2.13. The van der Waals surface area contributed by atoms with E-state index in [1.807, 2.05) is 13.8 Å². The summed E-state index contributed by atoms with van der Waals surface area (Å²) in [6.45, 7) is 3.87. The Morgan fingerprint density at radius 3 is 2.65 bits per heavy atom. The molecule has 4 heteroatoms. The molecule has 0 aliphatic rings. The lowest BCUT2D eigenvalue weighted by atomic mass is 9.96. The first kappa shape index (κ1) is 14.9. The van der Waals surface area contributed by atoms with Crippen molar-refractivity contribution in [3.05, 3.63) is 64.0 Å². The molecule has 0 amide bonds. The van der Waals surface area contributed by atoms with Gasteiger partial charge < -0.3 is 9.52 Å². The molecule has 3 rings (SSSR count). The largest absolute Gasteiger partial charge is 0.508 e. The zero-order valence-electron chi connectivity index (χ0n) is 12.8. The van der Waals surface area contributed by atoms with Crippen molar-refractivity contribution >= 4 is 11.0 Å². The van der Waals surface area contributed by atoms with Gasteiger partial charge in [-0.3, -0.25) is 4.79 Å². The van der Waals surface area contributed by atoms with Crippen molar-refractivity contribution in [2.24, 2.45) is 0 Å². The van der Waals surface area contributed by atoms with Gasteiger partial charge in [0.25, 0.3) is 0 Å². The van der Waals surface area contributed by atoms with Gasteiger partial charge in [-0.05, 0) is 29.8 Å². The summed E-state index contributed by atoms with van der Waals surface area (Å²) in [6.07, 6.45) is 0. The minimum atomic E-state index is -0.162. The van der Waals surface area contributed by atoms with Crippen LogP contribution in [-0.4, -0.2) is 5.11 Å². The van der Waals surface area contributed by atoms with Crippen LogP contribution in [0.15, 0.2) is 51.7 Å². The van der Waals surface area contributed by atoms with Crippen LogP contribution >= 0.6 is 0 Å². The van der Waals surface area contributed by atoms with Crippen LogP contribution < -0.4 is 5.43 Å². The van der Waals surface area contributed by atoms with E-state index in [4.69, 9.17) is 9.68 Å². The summed E-state index contributed by atoms with van der Waals surface area (Å²) in [4.78, 5) is 12.9. The summed E-state index contributed by atoms with van der Waals surface area (Å²) in [7, 11) is 0. The molecule has 0 atom stereocenters. The third kappa shape index (κ3) is 2.58. The number of hydrogen-bond donors (Lipinski definition) is 1. The summed E-state index contributed by atoms with van der Waals surface area (Å²) in [5, 5.41) is 19.1. The number of nitrogens with zero attached hydrogens (tertiary/aromatic N) is 1. The average Bonchev–Trinajstić information content (AvgIpc) is 2.54. The van der Waals surface area contributed by atoms with E-state index in [1.54, 1.807) is 30.3 Å². The third-order valence-corrected chi connectivity index (χ3v) is 3.71. The number of rotatable bonds is 2. The van der Waals surface area contributed by atoms with Gasteiger partial charge in [-0.2, -0.15) is 5.26 Å². The van der Waals surface area contributed by atoms with Gasteiger partial charge in [-0.15, -0.1) is 0 Å². The summed E-state index contributed by atoms with van der Waals surface area (Å²) in [5.74, 6) is 0.577. The van der Waals surface area contributed by atoms with Gasteiger partial charge in [-0.1, -0.05) is 26.0 Å². The molecule has 1 heterocycles. The number of phenolic OH excluding ortho intramolecular Hbond substituents is 1. The van der Waals surface area contributed by atoms with Gasteiger partial charge in [0.1, 0.15) is 17.1 Å². The highest BCUT2D eigenvalue weighted by atomic mass is 16.3. The Labute approximate surface area is 133 Å². The number of nitriles is 1. The molecule has 1 aromatic heterocycles. The molecular weight excluding hydrogens is 290 g/mol. The van der Waals surface area contributed by atoms with E-state index in [2.05, 4.69) is 6.07 Å². The molecule has 2 aromatic carbocycles. The van der Waals surface area contributed by atoms with Crippen LogP contribution in [-0.2, 0) is 0 Å². The molecule has 4 nitrogen and oxygen atoms in total. The van der Waals surface area contributed by atoms with E-state index >= 15 is 0 Å². The standard InChI is InChI=1S/C19H15NO3/c1-11(2)19-17(13-5-3-4-12(8-13)10-20)18(22)15-7-6-14(21)9-16(15)23-19/h3-9,11,21H,1-2H3. The first-order chi connectivity index (χ1) is 11.0. The van der Waals surface area contributed by atoms with Crippen molar-refractivity contribution < 1.29 is 9.52 Å². The zero-order valence-corrected chi connectivity index (χ0v) is 12.8. The lowest BCUT2D eigenvalue weighted by molar-refractivity contribution is 0.470. The Hall–Kier alpha value is -3.06.